The Morgan fingerprint density at radius 1 is 1.40 bits per heavy atom. The van der Waals surface area contributed by atoms with Crippen LogP contribution in [0.1, 0.15) is 46.0 Å². The molecular formula is C18H23N5O2. The summed E-state index contributed by atoms with van der Waals surface area (Å²) in [6, 6.07) is 2.00. The highest BCUT2D eigenvalue weighted by Gasteiger charge is 2.30. The number of nitrogens with zero attached hydrogens (tertiary/aromatic N) is 4. The first kappa shape index (κ1) is 16.2. The summed E-state index contributed by atoms with van der Waals surface area (Å²) in [5.74, 6) is 0.0329. The Morgan fingerprint density at radius 2 is 2.32 bits per heavy atom. The SMILES string of the molecule is Cc1cc(CC[C@@H]2CN(C(=O)c3n[nH]c4c3CCC4)CCO2)ncn1. The number of hydrogen-bond donors (Lipinski definition) is 1. The number of carbonyl (C=O) groups excluding carboxylic acids is 1. The molecule has 2 aliphatic rings. The van der Waals surface area contributed by atoms with Crippen molar-refractivity contribution >= 4 is 5.91 Å². The van der Waals surface area contributed by atoms with Crippen LogP contribution in [-0.4, -0.2) is 56.8 Å². The molecule has 2 aromatic heterocycles. The summed E-state index contributed by atoms with van der Waals surface area (Å²) >= 11 is 0. The highest BCUT2D eigenvalue weighted by Crippen LogP contribution is 2.24. The summed E-state index contributed by atoms with van der Waals surface area (Å²) < 4.78 is 5.85. The topological polar surface area (TPSA) is 84.0 Å². The molecule has 1 N–H and O–H groups in total. The normalized spacial score (nSPS) is 19.9. The molecule has 1 fully saturated rings. The second kappa shape index (κ2) is 6.92. The van der Waals surface area contributed by atoms with E-state index in [0.29, 0.717) is 25.4 Å². The van der Waals surface area contributed by atoms with Gasteiger partial charge in [0.25, 0.3) is 5.91 Å². The Kier molecular flexibility index (Phi) is 4.48. The first-order valence-corrected chi connectivity index (χ1v) is 8.95. The van der Waals surface area contributed by atoms with E-state index in [1.807, 2.05) is 17.9 Å². The molecule has 1 aliphatic heterocycles. The maximum atomic E-state index is 12.9. The molecule has 25 heavy (non-hydrogen) atoms. The molecule has 7 heteroatoms. The van der Waals surface area contributed by atoms with Crippen molar-refractivity contribution in [3.63, 3.8) is 0 Å². The number of aryl methyl sites for hydroxylation is 3. The smallest absolute Gasteiger partial charge is 0.274 e. The number of aromatic amines is 1. The van der Waals surface area contributed by atoms with Gasteiger partial charge in [-0.15, -0.1) is 0 Å². The predicted octanol–water partition coefficient (Wildman–Crippen LogP) is 1.47. The number of hydrogen-bond acceptors (Lipinski definition) is 5. The van der Waals surface area contributed by atoms with Crippen LogP contribution < -0.4 is 0 Å². The van der Waals surface area contributed by atoms with Crippen molar-refractivity contribution < 1.29 is 9.53 Å². The van der Waals surface area contributed by atoms with Crippen molar-refractivity contribution in [3.05, 3.63) is 40.7 Å². The van der Waals surface area contributed by atoms with Gasteiger partial charge in [-0.3, -0.25) is 9.89 Å². The van der Waals surface area contributed by atoms with Gasteiger partial charge in [-0.25, -0.2) is 9.97 Å². The van der Waals surface area contributed by atoms with Gasteiger partial charge in [-0.2, -0.15) is 5.10 Å². The van der Waals surface area contributed by atoms with Crippen LogP contribution in [0.4, 0.5) is 0 Å². The van der Waals surface area contributed by atoms with Crippen molar-refractivity contribution in [2.45, 2.75) is 45.1 Å². The average Bonchev–Trinajstić information content (AvgIpc) is 3.23. The maximum absolute atomic E-state index is 12.9. The van der Waals surface area contributed by atoms with Gasteiger partial charge in [0.1, 0.15) is 6.33 Å². The standard InChI is InChI=1S/C18H23N5O2/c1-12-9-13(20-11-19-12)5-6-14-10-23(7-8-25-14)18(24)17-15-3-2-4-16(15)21-22-17/h9,11,14H,2-8,10H2,1H3,(H,21,22)/t14-/m1/s1. The van der Waals surface area contributed by atoms with Crippen LogP contribution in [0, 0.1) is 6.92 Å². The maximum Gasteiger partial charge on any atom is 0.274 e. The lowest BCUT2D eigenvalue weighted by molar-refractivity contribution is -0.0249. The monoisotopic (exact) mass is 341 g/mol. The van der Waals surface area contributed by atoms with E-state index >= 15 is 0 Å². The van der Waals surface area contributed by atoms with E-state index in [0.717, 1.165) is 54.7 Å². The molecule has 0 unspecified atom stereocenters. The van der Waals surface area contributed by atoms with E-state index in [4.69, 9.17) is 4.74 Å². The van der Waals surface area contributed by atoms with Crippen molar-refractivity contribution in [3.8, 4) is 0 Å². The zero-order chi connectivity index (χ0) is 17.2. The van der Waals surface area contributed by atoms with E-state index in [-0.39, 0.29) is 12.0 Å². The lowest BCUT2D eigenvalue weighted by Crippen LogP contribution is -2.46. The van der Waals surface area contributed by atoms with Crippen LogP contribution >= 0.6 is 0 Å². The Balaban J connectivity index is 1.38. The zero-order valence-electron chi connectivity index (χ0n) is 14.5. The molecule has 1 atom stereocenters. The van der Waals surface area contributed by atoms with Crippen molar-refractivity contribution in [1.29, 1.82) is 0 Å². The minimum Gasteiger partial charge on any atom is -0.375 e. The van der Waals surface area contributed by atoms with Gasteiger partial charge in [-0.05, 0) is 45.1 Å². The van der Waals surface area contributed by atoms with Gasteiger partial charge < -0.3 is 9.64 Å². The van der Waals surface area contributed by atoms with Gasteiger partial charge in [0.15, 0.2) is 5.69 Å². The summed E-state index contributed by atoms with van der Waals surface area (Å²) in [5.41, 5.74) is 4.85. The molecule has 4 rings (SSSR count). The molecule has 3 heterocycles. The van der Waals surface area contributed by atoms with Gasteiger partial charge in [0, 0.05) is 35.7 Å². The Hall–Kier alpha value is -2.28. The quantitative estimate of drug-likeness (QED) is 0.910. The lowest BCUT2D eigenvalue weighted by Gasteiger charge is -2.32. The van der Waals surface area contributed by atoms with Crippen molar-refractivity contribution in [1.82, 2.24) is 25.1 Å². The second-order valence-electron chi connectivity index (χ2n) is 6.82. The predicted molar refractivity (Wildman–Crippen MR) is 91.3 cm³/mol. The van der Waals surface area contributed by atoms with Crippen LogP contribution in [-0.2, 0) is 24.0 Å². The first-order chi connectivity index (χ1) is 12.2. The fourth-order valence-electron chi connectivity index (χ4n) is 3.68. The fourth-order valence-corrected chi connectivity index (χ4v) is 3.68. The Labute approximate surface area is 146 Å². The zero-order valence-corrected chi connectivity index (χ0v) is 14.5. The summed E-state index contributed by atoms with van der Waals surface area (Å²) in [6.07, 6.45) is 6.37. The van der Waals surface area contributed by atoms with Crippen LogP contribution in [0.15, 0.2) is 12.4 Å². The van der Waals surface area contributed by atoms with Crippen LogP contribution in [0.3, 0.4) is 0 Å². The van der Waals surface area contributed by atoms with Crippen molar-refractivity contribution in [2.75, 3.05) is 19.7 Å². The highest BCUT2D eigenvalue weighted by molar-refractivity contribution is 5.94. The van der Waals surface area contributed by atoms with Gasteiger partial charge in [-0.1, -0.05) is 0 Å². The van der Waals surface area contributed by atoms with Gasteiger partial charge in [0.05, 0.1) is 12.7 Å². The van der Waals surface area contributed by atoms with E-state index in [9.17, 15) is 4.79 Å². The van der Waals surface area contributed by atoms with Gasteiger partial charge in [0.2, 0.25) is 0 Å². The van der Waals surface area contributed by atoms with Crippen LogP contribution in [0.5, 0.6) is 0 Å². The molecule has 0 saturated carbocycles. The number of aromatic nitrogens is 4. The highest BCUT2D eigenvalue weighted by atomic mass is 16.5. The lowest BCUT2D eigenvalue weighted by atomic mass is 10.1. The molecule has 0 aromatic carbocycles. The largest absolute Gasteiger partial charge is 0.375 e. The third-order valence-corrected chi connectivity index (χ3v) is 5.02. The number of rotatable bonds is 4. The first-order valence-electron chi connectivity index (χ1n) is 8.95. The molecule has 1 amide bonds. The number of amides is 1. The van der Waals surface area contributed by atoms with E-state index in [2.05, 4.69) is 20.2 Å². The van der Waals surface area contributed by atoms with Crippen LogP contribution in [0.2, 0.25) is 0 Å². The molecule has 7 nitrogen and oxygen atoms in total. The fraction of sp³-hybridized carbons (Fsp3) is 0.556. The minimum absolute atomic E-state index is 0.0329. The van der Waals surface area contributed by atoms with E-state index in [1.54, 1.807) is 6.33 Å². The molecule has 132 valence electrons. The summed E-state index contributed by atoms with van der Waals surface area (Å²) in [4.78, 5) is 23.2. The van der Waals surface area contributed by atoms with Gasteiger partial charge >= 0.3 is 0 Å². The Morgan fingerprint density at radius 3 is 3.20 bits per heavy atom. The van der Waals surface area contributed by atoms with E-state index < -0.39 is 0 Å². The molecule has 0 bridgehead atoms. The number of nitrogens with one attached hydrogen (secondary N) is 1. The molecular weight excluding hydrogens is 318 g/mol. The third kappa shape index (κ3) is 3.42. The summed E-state index contributed by atoms with van der Waals surface area (Å²) in [7, 11) is 0. The molecule has 0 spiro atoms. The minimum atomic E-state index is 0.0329. The summed E-state index contributed by atoms with van der Waals surface area (Å²) in [6.45, 7) is 3.78. The molecule has 1 saturated heterocycles. The third-order valence-electron chi connectivity index (χ3n) is 5.02. The summed E-state index contributed by atoms with van der Waals surface area (Å²) in [5, 5.41) is 7.29. The second-order valence-corrected chi connectivity index (χ2v) is 6.82. The number of morpholine rings is 1. The number of ether oxygens (including phenoxy) is 1. The number of carbonyl (C=O) groups is 1. The number of H-pyrrole nitrogens is 1. The number of fused-ring (bicyclic) bond motifs is 1. The molecule has 2 aromatic rings. The van der Waals surface area contributed by atoms with Crippen molar-refractivity contribution in [2.24, 2.45) is 0 Å². The molecule has 0 radical (unpaired) electrons. The average molecular weight is 341 g/mol. The molecule has 1 aliphatic carbocycles. The Bertz CT molecular complexity index is 773. The van der Waals surface area contributed by atoms with Crippen LogP contribution in [0.25, 0.3) is 0 Å². The van der Waals surface area contributed by atoms with E-state index in [1.165, 1.54) is 0 Å².